The van der Waals surface area contributed by atoms with Crippen molar-refractivity contribution in [3.63, 3.8) is 0 Å². The van der Waals surface area contributed by atoms with Crippen LogP contribution in [0.2, 0.25) is 0 Å². The fourth-order valence-electron chi connectivity index (χ4n) is 4.65. The third-order valence-electron chi connectivity index (χ3n) is 5.75. The Morgan fingerprint density at radius 2 is 1.90 bits per heavy atom. The van der Waals surface area contributed by atoms with E-state index in [0.717, 1.165) is 11.8 Å². The summed E-state index contributed by atoms with van der Waals surface area (Å²) in [5.74, 6) is 2.15. The molecule has 0 saturated heterocycles. The second-order valence-electron chi connectivity index (χ2n) is 7.73. The topological polar surface area (TPSA) is 27.7 Å². The van der Waals surface area contributed by atoms with Gasteiger partial charge in [-0.1, -0.05) is 32.9 Å². The lowest BCUT2D eigenvalue weighted by atomic mass is 9.77. The third-order valence-corrected chi connectivity index (χ3v) is 5.75. The van der Waals surface area contributed by atoms with Crippen molar-refractivity contribution in [2.45, 2.75) is 39.7 Å². The molecule has 0 aromatic carbocycles. The van der Waals surface area contributed by atoms with Crippen molar-refractivity contribution in [1.29, 1.82) is 0 Å². The minimum absolute atomic E-state index is 0.345. The molecule has 3 heteroatoms. The first-order valence-electron chi connectivity index (χ1n) is 7.85. The van der Waals surface area contributed by atoms with Gasteiger partial charge in [0.25, 0.3) is 0 Å². The lowest BCUT2D eigenvalue weighted by Crippen LogP contribution is -2.23. The molecule has 20 heavy (non-hydrogen) atoms. The third kappa shape index (κ3) is 2.34. The van der Waals surface area contributed by atoms with Gasteiger partial charge in [-0.3, -0.25) is 0 Å². The van der Waals surface area contributed by atoms with Crippen LogP contribution in [0.4, 0.5) is 0 Å². The Kier molecular flexibility index (Phi) is 3.72. The van der Waals surface area contributed by atoms with E-state index in [0.29, 0.717) is 42.9 Å². The van der Waals surface area contributed by atoms with E-state index in [-0.39, 0.29) is 0 Å². The molecule has 0 N–H and O–H groups in total. The van der Waals surface area contributed by atoms with Crippen molar-refractivity contribution < 1.29 is 14.2 Å². The molecule has 0 aliphatic heterocycles. The zero-order chi connectivity index (χ0) is 14.4. The maximum absolute atomic E-state index is 6.00. The molecule has 0 aromatic rings. The molecular weight excluding hydrogens is 252 g/mol. The normalized spacial score (nSPS) is 44.2. The lowest BCUT2D eigenvalue weighted by Gasteiger charge is -2.28. The summed E-state index contributed by atoms with van der Waals surface area (Å²) in [4.78, 5) is 0. The zero-order valence-electron chi connectivity index (χ0n) is 13.2. The van der Waals surface area contributed by atoms with E-state index in [4.69, 9.17) is 14.2 Å². The molecule has 114 valence electrons. The van der Waals surface area contributed by atoms with E-state index < -0.39 is 0 Å². The first kappa shape index (κ1) is 14.6. The molecule has 1 unspecified atom stereocenters. The van der Waals surface area contributed by atoms with Crippen molar-refractivity contribution in [3.05, 3.63) is 12.2 Å². The largest absolute Gasteiger partial charge is 0.382 e. The average molecular weight is 280 g/mol. The Balaban J connectivity index is 1.55. The molecule has 5 atom stereocenters. The highest BCUT2D eigenvalue weighted by Crippen LogP contribution is 2.69. The Bertz CT molecular complexity index is 390. The predicted molar refractivity (Wildman–Crippen MR) is 78.3 cm³/mol. The van der Waals surface area contributed by atoms with Gasteiger partial charge in [0.2, 0.25) is 0 Å². The maximum Gasteiger partial charge on any atom is 0.147 e. The summed E-state index contributed by atoms with van der Waals surface area (Å²) in [5.41, 5.74) is 0.831. The first-order valence-corrected chi connectivity index (χ1v) is 7.85. The average Bonchev–Trinajstić information content (AvgIpc) is 2.82. The van der Waals surface area contributed by atoms with Gasteiger partial charge < -0.3 is 14.2 Å². The van der Waals surface area contributed by atoms with Crippen LogP contribution in [0.5, 0.6) is 0 Å². The van der Waals surface area contributed by atoms with Crippen LogP contribution in [0.1, 0.15) is 33.6 Å². The van der Waals surface area contributed by atoms with Gasteiger partial charge in [-0.05, 0) is 30.1 Å². The number of hydrogen-bond acceptors (Lipinski definition) is 3. The van der Waals surface area contributed by atoms with E-state index in [1.165, 1.54) is 12.8 Å². The number of rotatable bonds is 6. The van der Waals surface area contributed by atoms with Crippen LogP contribution in [-0.2, 0) is 14.2 Å². The van der Waals surface area contributed by atoms with Crippen LogP contribution in [-0.4, -0.2) is 33.2 Å². The summed E-state index contributed by atoms with van der Waals surface area (Å²) in [7, 11) is 1.69. The molecule has 0 bridgehead atoms. The molecule has 3 aliphatic rings. The minimum atomic E-state index is 0.345. The Labute approximate surface area is 122 Å². The zero-order valence-corrected chi connectivity index (χ0v) is 13.2. The van der Waals surface area contributed by atoms with E-state index in [2.05, 4.69) is 32.9 Å². The second-order valence-corrected chi connectivity index (χ2v) is 7.73. The van der Waals surface area contributed by atoms with Gasteiger partial charge in [-0.2, -0.15) is 0 Å². The molecule has 0 aromatic heterocycles. The summed E-state index contributed by atoms with van der Waals surface area (Å²) < 4.78 is 16.4. The Morgan fingerprint density at radius 1 is 1.10 bits per heavy atom. The van der Waals surface area contributed by atoms with Gasteiger partial charge in [-0.15, -0.1) is 0 Å². The van der Waals surface area contributed by atoms with Crippen molar-refractivity contribution in [1.82, 2.24) is 0 Å². The van der Waals surface area contributed by atoms with Crippen LogP contribution in [0.15, 0.2) is 12.2 Å². The number of allylic oxidation sites excluding steroid dienone is 1. The van der Waals surface area contributed by atoms with Crippen molar-refractivity contribution in [2.24, 2.45) is 28.6 Å². The molecule has 0 spiro atoms. The summed E-state index contributed by atoms with van der Waals surface area (Å²) in [5, 5.41) is 0. The van der Waals surface area contributed by atoms with Gasteiger partial charge in [0.15, 0.2) is 0 Å². The number of fused-ring (bicyclic) bond motifs is 3. The minimum Gasteiger partial charge on any atom is -0.382 e. The van der Waals surface area contributed by atoms with E-state index in [1.807, 2.05) is 0 Å². The fraction of sp³-hybridized carbons (Fsp3) is 0.882. The fourth-order valence-corrected chi connectivity index (χ4v) is 4.65. The van der Waals surface area contributed by atoms with Gasteiger partial charge in [0.05, 0.1) is 19.3 Å². The van der Waals surface area contributed by atoms with Gasteiger partial charge in [-0.25, -0.2) is 0 Å². The predicted octanol–water partition coefficient (Wildman–Crippen LogP) is 3.25. The summed E-state index contributed by atoms with van der Waals surface area (Å²) in [6.45, 7) is 8.87. The number of hydrogen-bond donors (Lipinski definition) is 0. The smallest absolute Gasteiger partial charge is 0.147 e. The van der Waals surface area contributed by atoms with Crippen LogP contribution in [0.3, 0.4) is 0 Å². The number of ether oxygens (including phenoxy) is 3. The molecule has 0 amide bonds. The summed E-state index contributed by atoms with van der Waals surface area (Å²) >= 11 is 0. The van der Waals surface area contributed by atoms with Crippen LogP contribution in [0.25, 0.3) is 0 Å². The van der Waals surface area contributed by atoms with E-state index >= 15 is 0 Å². The van der Waals surface area contributed by atoms with Gasteiger partial charge in [0, 0.05) is 18.4 Å². The molecular formula is C17H28O3. The van der Waals surface area contributed by atoms with Crippen molar-refractivity contribution in [3.8, 4) is 0 Å². The first-order chi connectivity index (χ1) is 9.49. The van der Waals surface area contributed by atoms with E-state index in [1.54, 1.807) is 7.11 Å². The van der Waals surface area contributed by atoms with Crippen molar-refractivity contribution >= 4 is 0 Å². The molecule has 0 radical (unpaired) electrons. The monoisotopic (exact) mass is 280 g/mol. The number of methoxy groups -OCH3 is 1. The molecule has 2 saturated carbocycles. The standard InChI is InChI=1S/C17H28O3/c1-16(2)9-12-5-6-13-15(17(13,3)14(12)10-16)20-11-19-8-7-18-4/h5-6,12-15H,7-11H2,1-4H3/t12-,13-,14+,15?,17+/m1/s1. The SMILES string of the molecule is COCCOCOC1[C@H]2C=C[C@@H]3CC(C)(C)C[C@@H]3[C@@]12C. The molecule has 2 fully saturated rings. The van der Waals surface area contributed by atoms with Crippen molar-refractivity contribution in [2.75, 3.05) is 27.1 Å². The quantitative estimate of drug-likeness (QED) is 0.425. The highest BCUT2D eigenvalue weighted by Gasteiger charge is 2.69. The van der Waals surface area contributed by atoms with Gasteiger partial charge in [0.1, 0.15) is 6.79 Å². The molecule has 3 rings (SSSR count). The molecule has 3 nitrogen and oxygen atoms in total. The highest BCUT2D eigenvalue weighted by molar-refractivity contribution is 5.28. The Morgan fingerprint density at radius 3 is 2.65 bits per heavy atom. The van der Waals surface area contributed by atoms with Crippen LogP contribution >= 0.6 is 0 Å². The van der Waals surface area contributed by atoms with Crippen LogP contribution in [0, 0.1) is 28.6 Å². The summed E-state index contributed by atoms with van der Waals surface area (Å²) in [6.07, 6.45) is 7.88. The lowest BCUT2D eigenvalue weighted by molar-refractivity contribution is -0.0847. The molecule has 0 heterocycles. The van der Waals surface area contributed by atoms with Gasteiger partial charge >= 0.3 is 0 Å². The summed E-state index contributed by atoms with van der Waals surface area (Å²) in [6, 6.07) is 0. The second kappa shape index (κ2) is 5.11. The van der Waals surface area contributed by atoms with E-state index in [9.17, 15) is 0 Å². The highest BCUT2D eigenvalue weighted by atomic mass is 16.7. The molecule has 3 aliphatic carbocycles. The Hall–Kier alpha value is -0.380. The maximum atomic E-state index is 6.00. The van der Waals surface area contributed by atoms with Crippen LogP contribution < -0.4 is 0 Å².